The van der Waals surface area contributed by atoms with Crippen LogP contribution in [0.4, 0.5) is 13.2 Å². The third-order valence-corrected chi connectivity index (χ3v) is 4.06. The van der Waals surface area contributed by atoms with E-state index in [0.717, 1.165) is 18.2 Å². The van der Waals surface area contributed by atoms with Crippen molar-refractivity contribution in [3.63, 3.8) is 0 Å². The number of amides is 2. The second kappa shape index (κ2) is 9.39. The van der Waals surface area contributed by atoms with Crippen LogP contribution in [0.1, 0.15) is 6.42 Å². The summed E-state index contributed by atoms with van der Waals surface area (Å²) < 4.78 is 49.4. The van der Waals surface area contributed by atoms with Gasteiger partial charge in [-0.25, -0.2) is 13.2 Å². The summed E-state index contributed by atoms with van der Waals surface area (Å²) in [6.45, 7) is -0.764. The Labute approximate surface area is 173 Å². The lowest BCUT2D eigenvalue weighted by Crippen LogP contribution is -2.34. The fourth-order valence-corrected chi connectivity index (χ4v) is 2.45. The third-order valence-electron chi connectivity index (χ3n) is 3.76. The van der Waals surface area contributed by atoms with Crippen molar-refractivity contribution >= 4 is 23.4 Å². The first-order chi connectivity index (χ1) is 14.3. The molecule has 0 spiro atoms. The van der Waals surface area contributed by atoms with Crippen molar-refractivity contribution in [1.29, 1.82) is 0 Å². The number of rotatable bonds is 8. The maximum Gasteiger partial charge on any atom is 0.262 e. The summed E-state index contributed by atoms with van der Waals surface area (Å²) in [5.74, 6) is -3.61. The van der Waals surface area contributed by atoms with Crippen molar-refractivity contribution in [3.05, 3.63) is 76.0 Å². The van der Waals surface area contributed by atoms with Gasteiger partial charge in [0.15, 0.2) is 24.8 Å². The predicted octanol–water partition coefficient (Wildman–Crippen LogP) is 3.22. The number of hydrogen-bond acceptors (Lipinski definition) is 4. The molecule has 2 amide bonds. The Balaban J connectivity index is 1.41. The first kappa shape index (κ1) is 21.3. The van der Waals surface area contributed by atoms with E-state index in [4.69, 9.17) is 21.1 Å². The number of nitrogens with one attached hydrogen (secondary N) is 2. The van der Waals surface area contributed by atoms with Crippen LogP contribution in [0.2, 0.25) is 5.02 Å². The molecule has 0 fully saturated rings. The van der Waals surface area contributed by atoms with Crippen molar-refractivity contribution < 1.29 is 32.2 Å². The van der Waals surface area contributed by atoms with Crippen molar-refractivity contribution in [1.82, 2.24) is 10.6 Å². The molecule has 30 heavy (non-hydrogen) atoms. The molecule has 0 bridgehead atoms. The molecule has 0 aromatic heterocycles. The van der Waals surface area contributed by atoms with Gasteiger partial charge in [0.1, 0.15) is 17.3 Å². The largest absolute Gasteiger partial charge is 0.484 e. The molecule has 0 saturated heterocycles. The summed E-state index contributed by atoms with van der Waals surface area (Å²) in [5, 5.41) is 4.97. The molecule has 0 atom stereocenters. The Bertz CT molecular complexity index is 989. The van der Waals surface area contributed by atoms with E-state index >= 15 is 0 Å². The normalized spacial score (nSPS) is 12.3. The molecule has 0 unspecified atom stereocenters. The summed E-state index contributed by atoms with van der Waals surface area (Å²) in [5.41, 5.74) is 3.60. The van der Waals surface area contributed by atoms with Crippen LogP contribution in [0.3, 0.4) is 0 Å². The fraction of sp³-hybridized carbons (Fsp3) is 0.150. The van der Waals surface area contributed by atoms with Gasteiger partial charge in [0.2, 0.25) is 0 Å². The molecule has 2 N–H and O–H groups in total. The van der Waals surface area contributed by atoms with Crippen molar-refractivity contribution in [2.75, 3.05) is 13.2 Å². The average Bonchev–Trinajstić information content (AvgIpc) is 2.68. The smallest absolute Gasteiger partial charge is 0.262 e. The van der Waals surface area contributed by atoms with Crippen LogP contribution in [0, 0.1) is 17.5 Å². The average molecular weight is 439 g/mol. The molecule has 156 valence electrons. The Morgan fingerprint density at radius 1 is 0.867 bits per heavy atom. The molecule has 0 heterocycles. The summed E-state index contributed by atoms with van der Waals surface area (Å²) in [6.07, 6.45) is 0.248. The van der Waals surface area contributed by atoms with Crippen LogP contribution in [0.15, 0.2) is 53.5 Å². The van der Waals surface area contributed by atoms with Gasteiger partial charge < -0.3 is 20.1 Å². The standard InChI is InChI=1S/C20H14ClF3N2O4/c21-15-3-1-13(7-17(15)23)29-9-19(27)25-11-5-12(6-11)26-20(28)10-30-14-2-4-16(22)18(24)8-14/h1-4,7-8H,5,9-10H2,(H,25,27)(H,26,28). The highest BCUT2D eigenvalue weighted by molar-refractivity contribution is 6.30. The van der Waals surface area contributed by atoms with Gasteiger partial charge in [-0.1, -0.05) is 17.3 Å². The highest BCUT2D eigenvalue weighted by atomic mass is 35.5. The van der Waals surface area contributed by atoms with Crippen molar-refractivity contribution in [2.45, 2.75) is 6.42 Å². The van der Waals surface area contributed by atoms with E-state index < -0.39 is 35.9 Å². The lowest BCUT2D eigenvalue weighted by atomic mass is 10.1. The quantitative estimate of drug-likeness (QED) is 0.620. The molecule has 0 aliphatic heterocycles. The monoisotopic (exact) mass is 438 g/mol. The van der Waals surface area contributed by atoms with Crippen molar-refractivity contribution in [2.24, 2.45) is 0 Å². The number of benzene rings is 2. The van der Waals surface area contributed by atoms with E-state index in [0.29, 0.717) is 11.4 Å². The lowest BCUT2D eigenvalue weighted by Gasteiger charge is -2.17. The van der Waals surface area contributed by atoms with Crippen molar-refractivity contribution in [3.8, 4) is 11.5 Å². The number of carbonyl (C=O) groups excluding carboxylic acids is 2. The zero-order valence-electron chi connectivity index (χ0n) is 15.2. The second-order valence-corrected chi connectivity index (χ2v) is 6.49. The summed E-state index contributed by atoms with van der Waals surface area (Å²) >= 11 is 5.56. The molecule has 1 aliphatic rings. The minimum Gasteiger partial charge on any atom is -0.484 e. The highest BCUT2D eigenvalue weighted by Gasteiger charge is 2.17. The third kappa shape index (κ3) is 5.79. The van der Waals surface area contributed by atoms with Gasteiger partial charge in [0.25, 0.3) is 11.8 Å². The summed E-state index contributed by atoms with van der Waals surface area (Å²) in [6, 6.07) is 6.72. The number of halogens is 4. The Morgan fingerprint density at radius 2 is 1.37 bits per heavy atom. The van der Waals surface area contributed by atoms with Gasteiger partial charge in [-0.2, -0.15) is 0 Å². The Kier molecular flexibility index (Phi) is 6.66. The second-order valence-electron chi connectivity index (χ2n) is 6.08. The van der Waals surface area contributed by atoms with Crippen LogP contribution in [-0.4, -0.2) is 25.0 Å². The topological polar surface area (TPSA) is 76.7 Å². The molecular formula is C20H14ClF3N2O4. The molecule has 6 nitrogen and oxygen atoms in total. The van der Waals surface area contributed by atoms with Gasteiger partial charge in [0.05, 0.1) is 16.4 Å². The summed E-state index contributed by atoms with van der Waals surface area (Å²) in [7, 11) is 0. The number of hydrogen-bond donors (Lipinski definition) is 2. The lowest BCUT2D eigenvalue weighted by molar-refractivity contribution is -0.122. The van der Waals surface area contributed by atoms with E-state index in [1.807, 2.05) is 0 Å². The van der Waals surface area contributed by atoms with E-state index in [1.165, 1.54) is 18.2 Å². The van der Waals surface area contributed by atoms with E-state index in [9.17, 15) is 22.8 Å². The first-order valence-electron chi connectivity index (χ1n) is 8.54. The minimum atomic E-state index is -1.08. The molecule has 3 rings (SSSR count). The van der Waals surface area contributed by atoms with Gasteiger partial charge >= 0.3 is 0 Å². The predicted molar refractivity (Wildman–Crippen MR) is 100 cm³/mol. The molecule has 0 radical (unpaired) electrons. The zero-order valence-corrected chi connectivity index (χ0v) is 16.0. The molecule has 1 aliphatic carbocycles. The summed E-state index contributed by atoms with van der Waals surface area (Å²) in [4.78, 5) is 23.6. The Hall–Kier alpha value is -3.42. The van der Waals surface area contributed by atoms with Crippen LogP contribution in [-0.2, 0) is 9.59 Å². The molecule has 2 aromatic carbocycles. The SMILES string of the molecule is O=C(COc1ccc(F)c(F)c1)NC1=C=C(NC(=O)COc2ccc(Cl)c(F)c2)C1. The maximum absolute atomic E-state index is 13.3. The van der Waals surface area contributed by atoms with Crippen LogP contribution in [0.5, 0.6) is 11.5 Å². The van der Waals surface area contributed by atoms with Crippen LogP contribution < -0.4 is 20.1 Å². The van der Waals surface area contributed by atoms with E-state index in [-0.39, 0.29) is 29.5 Å². The highest BCUT2D eigenvalue weighted by Crippen LogP contribution is 2.20. The molecular weight excluding hydrogens is 425 g/mol. The molecule has 2 aromatic rings. The first-order valence-corrected chi connectivity index (χ1v) is 8.92. The maximum atomic E-state index is 13.3. The zero-order chi connectivity index (χ0) is 21.7. The van der Waals surface area contributed by atoms with Gasteiger partial charge in [-0.3, -0.25) is 9.59 Å². The molecule has 10 heteroatoms. The van der Waals surface area contributed by atoms with Crippen LogP contribution in [0.25, 0.3) is 0 Å². The number of carbonyl (C=O) groups is 2. The van der Waals surface area contributed by atoms with E-state index in [1.54, 1.807) is 0 Å². The molecule has 0 saturated carbocycles. The minimum absolute atomic E-state index is 0.00991. The van der Waals surface area contributed by atoms with Gasteiger partial charge in [0, 0.05) is 18.6 Å². The van der Waals surface area contributed by atoms with E-state index in [2.05, 4.69) is 16.4 Å². The van der Waals surface area contributed by atoms with Gasteiger partial charge in [-0.15, -0.1) is 0 Å². The van der Waals surface area contributed by atoms with Gasteiger partial charge in [-0.05, 0) is 24.3 Å². The number of ether oxygens (including phenoxy) is 2. The Morgan fingerprint density at radius 3 is 1.87 bits per heavy atom. The fourth-order valence-electron chi connectivity index (χ4n) is 2.33. The van der Waals surface area contributed by atoms with Crippen LogP contribution >= 0.6 is 11.6 Å².